The van der Waals surface area contributed by atoms with Crippen LogP contribution in [0.25, 0.3) is 0 Å². The predicted molar refractivity (Wildman–Crippen MR) is 41.9 cm³/mol. The summed E-state index contributed by atoms with van der Waals surface area (Å²) in [4.78, 5) is 10.7. The second-order valence-electron chi connectivity index (χ2n) is 2.76. The molecule has 1 saturated heterocycles. The van der Waals surface area contributed by atoms with Crippen LogP contribution in [0.15, 0.2) is 16.5 Å². The molecule has 0 saturated carbocycles. The van der Waals surface area contributed by atoms with Gasteiger partial charge in [-0.3, -0.25) is 0 Å². The fourth-order valence-electron chi connectivity index (χ4n) is 1.20. The smallest absolute Gasteiger partial charge is 0.407 e. The van der Waals surface area contributed by atoms with E-state index in [2.05, 4.69) is 5.32 Å². The van der Waals surface area contributed by atoms with Crippen LogP contribution in [-0.2, 0) is 11.3 Å². The van der Waals surface area contributed by atoms with Gasteiger partial charge in [0, 0.05) is 0 Å². The Bertz CT molecular complexity index is 320. The fraction of sp³-hybridized carbons (Fsp3) is 0.375. The number of cyclic esters (lactones) is 1. The van der Waals surface area contributed by atoms with Crippen molar-refractivity contribution < 1.29 is 19.1 Å². The van der Waals surface area contributed by atoms with Crippen LogP contribution in [0.1, 0.15) is 17.6 Å². The maximum absolute atomic E-state index is 10.7. The topological polar surface area (TPSA) is 71.7 Å². The summed E-state index contributed by atoms with van der Waals surface area (Å²) in [5, 5.41) is 11.3. The molecule has 70 valence electrons. The summed E-state index contributed by atoms with van der Waals surface area (Å²) >= 11 is 0. The third-order valence-electron chi connectivity index (χ3n) is 1.85. The van der Waals surface area contributed by atoms with Crippen molar-refractivity contribution in [1.82, 2.24) is 5.32 Å². The van der Waals surface area contributed by atoms with E-state index in [-0.39, 0.29) is 19.3 Å². The lowest BCUT2D eigenvalue weighted by Gasteiger charge is -2.01. The fourth-order valence-corrected chi connectivity index (χ4v) is 1.20. The number of alkyl carbamates (subject to hydrolysis) is 1. The van der Waals surface area contributed by atoms with E-state index < -0.39 is 6.09 Å². The molecule has 0 aliphatic carbocycles. The number of hydrogen-bond acceptors (Lipinski definition) is 4. The maximum Gasteiger partial charge on any atom is 0.407 e. The lowest BCUT2D eigenvalue weighted by atomic mass is 10.2. The first-order valence-corrected chi connectivity index (χ1v) is 3.92. The number of carbonyl (C=O) groups excluding carboxylic acids is 1. The molecule has 0 aromatic carbocycles. The van der Waals surface area contributed by atoms with Crippen LogP contribution in [0.4, 0.5) is 4.79 Å². The summed E-state index contributed by atoms with van der Waals surface area (Å²) < 4.78 is 9.91. The van der Waals surface area contributed by atoms with Crippen LogP contribution in [0, 0.1) is 0 Å². The van der Waals surface area contributed by atoms with E-state index in [1.165, 1.54) is 0 Å². The van der Waals surface area contributed by atoms with Gasteiger partial charge < -0.3 is 19.6 Å². The molecule has 0 radical (unpaired) electrons. The largest absolute Gasteiger partial charge is 0.461 e. The van der Waals surface area contributed by atoms with E-state index in [0.29, 0.717) is 11.5 Å². The minimum atomic E-state index is -0.438. The van der Waals surface area contributed by atoms with Crippen LogP contribution >= 0.6 is 0 Å². The molecule has 1 aromatic heterocycles. The van der Waals surface area contributed by atoms with Crippen molar-refractivity contribution in [3.8, 4) is 0 Å². The van der Waals surface area contributed by atoms with Gasteiger partial charge in [0.15, 0.2) is 0 Å². The van der Waals surface area contributed by atoms with Crippen LogP contribution in [0.3, 0.4) is 0 Å². The number of ether oxygens (including phenoxy) is 1. The molecular formula is C8H9NO4. The number of aliphatic hydroxyl groups excluding tert-OH is 1. The molecule has 2 N–H and O–H groups in total. The molecule has 5 heteroatoms. The molecule has 5 nitrogen and oxygen atoms in total. The van der Waals surface area contributed by atoms with Crippen LogP contribution < -0.4 is 5.32 Å². The van der Waals surface area contributed by atoms with Crippen molar-refractivity contribution in [3.63, 3.8) is 0 Å². The Hall–Kier alpha value is -1.49. The Morgan fingerprint density at radius 1 is 1.62 bits per heavy atom. The standard InChI is InChI=1S/C8H9NO4/c10-3-5-1-2-7(13-5)6-4-12-8(11)9-6/h1-2,6,10H,3-4H2,(H,9,11)/t6-/m0/s1. The zero-order valence-corrected chi connectivity index (χ0v) is 6.82. The zero-order valence-electron chi connectivity index (χ0n) is 6.82. The van der Waals surface area contributed by atoms with E-state index >= 15 is 0 Å². The highest BCUT2D eigenvalue weighted by molar-refractivity contribution is 5.69. The Labute approximate surface area is 74.3 Å². The molecule has 1 aromatic rings. The second kappa shape index (κ2) is 3.10. The van der Waals surface area contributed by atoms with Gasteiger partial charge >= 0.3 is 6.09 Å². The van der Waals surface area contributed by atoms with Gasteiger partial charge in [-0.2, -0.15) is 0 Å². The van der Waals surface area contributed by atoms with Gasteiger partial charge in [0.25, 0.3) is 0 Å². The number of carbonyl (C=O) groups is 1. The Balaban J connectivity index is 2.12. The number of rotatable bonds is 2. The Morgan fingerprint density at radius 2 is 2.46 bits per heavy atom. The highest BCUT2D eigenvalue weighted by atomic mass is 16.6. The molecule has 1 aliphatic rings. The number of nitrogens with one attached hydrogen (secondary N) is 1. The summed E-state index contributed by atoms with van der Waals surface area (Å²) in [5.74, 6) is 1.09. The molecule has 0 bridgehead atoms. The summed E-state index contributed by atoms with van der Waals surface area (Å²) in [5.41, 5.74) is 0. The minimum absolute atomic E-state index is 0.137. The van der Waals surface area contributed by atoms with E-state index in [1.54, 1.807) is 12.1 Å². The Morgan fingerprint density at radius 3 is 3.00 bits per heavy atom. The molecule has 1 fully saturated rings. The SMILES string of the molecule is O=C1N[C@H](c2ccc(CO)o2)CO1. The van der Waals surface area contributed by atoms with Gasteiger partial charge in [0.05, 0.1) is 0 Å². The predicted octanol–water partition coefficient (Wildman–Crippen LogP) is 0.553. The average molecular weight is 183 g/mol. The van der Waals surface area contributed by atoms with E-state index in [4.69, 9.17) is 14.3 Å². The van der Waals surface area contributed by atoms with E-state index in [1.807, 2.05) is 0 Å². The highest BCUT2D eigenvalue weighted by Gasteiger charge is 2.26. The normalized spacial score (nSPS) is 21.3. The van der Waals surface area contributed by atoms with Crippen molar-refractivity contribution in [2.75, 3.05) is 6.61 Å². The van der Waals surface area contributed by atoms with E-state index in [0.717, 1.165) is 0 Å². The van der Waals surface area contributed by atoms with Gasteiger partial charge in [-0.05, 0) is 12.1 Å². The van der Waals surface area contributed by atoms with Gasteiger partial charge in [0.1, 0.15) is 30.8 Å². The van der Waals surface area contributed by atoms with Crippen molar-refractivity contribution in [2.45, 2.75) is 12.6 Å². The zero-order chi connectivity index (χ0) is 9.26. The van der Waals surface area contributed by atoms with Crippen molar-refractivity contribution in [2.24, 2.45) is 0 Å². The minimum Gasteiger partial charge on any atom is -0.461 e. The van der Waals surface area contributed by atoms with Crippen molar-refractivity contribution >= 4 is 6.09 Å². The Kier molecular flexibility index (Phi) is 1.94. The summed E-state index contributed by atoms with van der Waals surface area (Å²) in [6, 6.07) is 3.15. The third kappa shape index (κ3) is 1.50. The molecule has 1 aliphatic heterocycles. The average Bonchev–Trinajstić information content (AvgIpc) is 2.71. The number of amides is 1. The summed E-state index contributed by atoms with van der Waals surface area (Å²) in [6.07, 6.45) is -0.438. The molecule has 13 heavy (non-hydrogen) atoms. The highest BCUT2D eigenvalue weighted by Crippen LogP contribution is 2.20. The van der Waals surface area contributed by atoms with Crippen LogP contribution in [0.2, 0.25) is 0 Å². The molecule has 1 atom stereocenters. The molecule has 2 rings (SSSR count). The quantitative estimate of drug-likeness (QED) is 0.702. The molecule has 0 spiro atoms. The van der Waals surface area contributed by atoms with Crippen molar-refractivity contribution in [1.29, 1.82) is 0 Å². The lowest BCUT2D eigenvalue weighted by Crippen LogP contribution is -2.17. The van der Waals surface area contributed by atoms with Gasteiger partial charge in [-0.15, -0.1) is 0 Å². The van der Waals surface area contributed by atoms with Gasteiger partial charge in [-0.1, -0.05) is 0 Å². The van der Waals surface area contributed by atoms with Gasteiger partial charge in [-0.25, -0.2) is 4.79 Å². The molecule has 0 unspecified atom stereocenters. The lowest BCUT2D eigenvalue weighted by molar-refractivity contribution is 0.176. The van der Waals surface area contributed by atoms with Crippen molar-refractivity contribution in [3.05, 3.63) is 23.7 Å². The molecule has 2 heterocycles. The van der Waals surface area contributed by atoms with Crippen LogP contribution in [-0.4, -0.2) is 17.8 Å². The first-order chi connectivity index (χ1) is 6.29. The second-order valence-corrected chi connectivity index (χ2v) is 2.76. The van der Waals surface area contributed by atoms with Crippen LogP contribution in [0.5, 0.6) is 0 Å². The van der Waals surface area contributed by atoms with Gasteiger partial charge in [0.2, 0.25) is 0 Å². The maximum atomic E-state index is 10.7. The first-order valence-electron chi connectivity index (χ1n) is 3.92. The number of aliphatic hydroxyl groups is 1. The summed E-state index contributed by atoms with van der Waals surface area (Å²) in [6.45, 7) is 0.138. The number of hydrogen-bond donors (Lipinski definition) is 2. The van der Waals surface area contributed by atoms with E-state index in [9.17, 15) is 4.79 Å². The monoisotopic (exact) mass is 183 g/mol. The molecular weight excluding hydrogens is 174 g/mol. The first kappa shape index (κ1) is 8.12. The summed E-state index contributed by atoms with van der Waals surface area (Å²) in [7, 11) is 0. The third-order valence-corrected chi connectivity index (χ3v) is 1.85. The number of furan rings is 1. The molecule has 1 amide bonds.